The van der Waals surface area contributed by atoms with Gasteiger partial charge in [0.2, 0.25) is 11.8 Å². The average Bonchev–Trinajstić information content (AvgIpc) is 2.46. The quantitative estimate of drug-likeness (QED) is 0.759. The lowest BCUT2D eigenvalue weighted by atomic mass is 9.86. The number of carbonyl (C=O) groups is 3. The van der Waals surface area contributed by atoms with E-state index in [1.54, 1.807) is 0 Å². The minimum Gasteiger partial charge on any atom is -0.464 e. The van der Waals surface area contributed by atoms with Gasteiger partial charge in [0, 0.05) is 13.0 Å². The molecule has 1 aromatic carbocycles. The highest BCUT2D eigenvalue weighted by Gasteiger charge is 2.39. The number of hydrogen-bond donors (Lipinski definition) is 2. The van der Waals surface area contributed by atoms with Crippen molar-refractivity contribution in [2.24, 2.45) is 0 Å². The first kappa shape index (κ1) is 13.8. The number of carbonyl (C=O) groups excluding carboxylic acids is 2. The fourth-order valence-electron chi connectivity index (χ4n) is 3.01. The maximum atomic E-state index is 12.3. The lowest BCUT2D eigenvalue weighted by Crippen LogP contribution is -2.47. The normalized spacial score (nSPS) is 22.1. The van der Waals surface area contributed by atoms with Crippen LogP contribution in [0.3, 0.4) is 0 Å². The maximum Gasteiger partial charge on any atom is 0.421 e. The molecule has 2 aliphatic heterocycles. The van der Waals surface area contributed by atoms with Gasteiger partial charge in [0.15, 0.2) is 0 Å². The highest BCUT2D eigenvalue weighted by atomic mass is 16.4. The van der Waals surface area contributed by atoms with Crippen molar-refractivity contribution in [1.29, 1.82) is 0 Å². The molecule has 2 N–H and O–H groups in total. The molecule has 0 radical (unpaired) electrons. The topological polar surface area (TPSA) is 86.7 Å². The standard InChI is InChI=1S/C15H16N2O4/c18-13-4-3-12(14(19)17(13)15(20)21)10-1-2-11-8-16-6-5-9(11)7-10/h1-2,7,12,16H,3-6,8H2,(H,20,21). The van der Waals surface area contributed by atoms with Gasteiger partial charge in [-0.25, -0.2) is 4.79 Å². The second-order valence-electron chi connectivity index (χ2n) is 5.40. The lowest BCUT2D eigenvalue weighted by molar-refractivity contribution is -0.146. The predicted molar refractivity (Wildman–Crippen MR) is 73.7 cm³/mol. The van der Waals surface area contributed by atoms with Crippen molar-refractivity contribution in [3.63, 3.8) is 0 Å². The Kier molecular flexibility index (Phi) is 3.47. The zero-order valence-electron chi connectivity index (χ0n) is 11.5. The van der Waals surface area contributed by atoms with Crippen LogP contribution in [0.2, 0.25) is 0 Å². The van der Waals surface area contributed by atoms with Gasteiger partial charge in [-0.2, -0.15) is 4.90 Å². The number of piperidine rings is 1. The number of amides is 3. The molecule has 3 rings (SSSR count). The Morgan fingerprint density at radius 2 is 2.05 bits per heavy atom. The van der Waals surface area contributed by atoms with E-state index in [2.05, 4.69) is 5.32 Å². The maximum absolute atomic E-state index is 12.3. The van der Waals surface area contributed by atoms with E-state index in [-0.39, 0.29) is 6.42 Å². The van der Waals surface area contributed by atoms with E-state index in [0.29, 0.717) is 11.3 Å². The number of likely N-dealkylation sites (tertiary alicyclic amines) is 1. The summed E-state index contributed by atoms with van der Waals surface area (Å²) in [5.74, 6) is -1.81. The van der Waals surface area contributed by atoms with Gasteiger partial charge < -0.3 is 10.4 Å². The molecular weight excluding hydrogens is 272 g/mol. The van der Waals surface area contributed by atoms with Crippen molar-refractivity contribution in [2.75, 3.05) is 6.54 Å². The molecule has 1 aromatic rings. The molecule has 0 saturated carbocycles. The summed E-state index contributed by atoms with van der Waals surface area (Å²) < 4.78 is 0. The minimum absolute atomic E-state index is 0.0847. The third kappa shape index (κ3) is 2.42. The number of fused-ring (bicyclic) bond motifs is 1. The first-order valence-corrected chi connectivity index (χ1v) is 7.00. The first-order chi connectivity index (χ1) is 10.1. The summed E-state index contributed by atoms with van der Waals surface area (Å²) in [6, 6.07) is 5.82. The molecule has 3 amide bonds. The molecule has 2 heterocycles. The van der Waals surface area contributed by atoms with E-state index in [0.717, 1.165) is 25.1 Å². The van der Waals surface area contributed by atoms with Crippen molar-refractivity contribution in [2.45, 2.75) is 31.7 Å². The number of rotatable bonds is 1. The van der Waals surface area contributed by atoms with Crippen molar-refractivity contribution >= 4 is 17.9 Å². The Morgan fingerprint density at radius 1 is 1.24 bits per heavy atom. The van der Waals surface area contributed by atoms with Crippen molar-refractivity contribution < 1.29 is 19.5 Å². The van der Waals surface area contributed by atoms with E-state index in [1.165, 1.54) is 11.1 Å². The molecule has 0 aromatic heterocycles. The number of benzene rings is 1. The van der Waals surface area contributed by atoms with E-state index < -0.39 is 23.8 Å². The molecule has 0 bridgehead atoms. The molecule has 21 heavy (non-hydrogen) atoms. The van der Waals surface area contributed by atoms with Crippen LogP contribution in [-0.2, 0) is 22.6 Å². The molecule has 6 heteroatoms. The smallest absolute Gasteiger partial charge is 0.421 e. The van der Waals surface area contributed by atoms with Gasteiger partial charge in [-0.05, 0) is 36.1 Å². The van der Waals surface area contributed by atoms with Gasteiger partial charge in [-0.1, -0.05) is 18.2 Å². The Bertz CT molecular complexity index is 626. The van der Waals surface area contributed by atoms with Crippen LogP contribution in [-0.4, -0.2) is 34.5 Å². The molecule has 110 valence electrons. The highest BCUT2D eigenvalue weighted by molar-refractivity contribution is 6.11. The van der Waals surface area contributed by atoms with Crippen molar-refractivity contribution in [3.8, 4) is 0 Å². The molecule has 0 aliphatic carbocycles. The third-order valence-corrected chi connectivity index (χ3v) is 4.13. The summed E-state index contributed by atoms with van der Waals surface area (Å²) in [4.78, 5) is 35.2. The number of nitrogens with zero attached hydrogens (tertiary/aromatic N) is 1. The van der Waals surface area contributed by atoms with Crippen LogP contribution in [0, 0.1) is 0 Å². The molecule has 1 atom stereocenters. The Labute approximate surface area is 121 Å². The van der Waals surface area contributed by atoms with Gasteiger partial charge in [0.1, 0.15) is 0 Å². The SMILES string of the molecule is O=C(O)N1C(=O)CCC(c2ccc3c(c2)CCNC3)C1=O. The van der Waals surface area contributed by atoms with E-state index in [1.807, 2.05) is 18.2 Å². The molecule has 0 spiro atoms. The summed E-state index contributed by atoms with van der Waals surface area (Å²) in [6.45, 7) is 1.71. The van der Waals surface area contributed by atoms with Gasteiger partial charge in [-0.3, -0.25) is 9.59 Å². The number of hydrogen-bond acceptors (Lipinski definition) is 4. The fraction of sp³-hybridized carbons (Fsp3) is 0.400. The first-order valence-electron chi connectivity index (χ1n) is 7.00. The van der Waals surface area contributed by atoms with Gasteiger partial charge in [-0.15, -0.1) is 0 Å². The van der Waals surface area contributed by atoms with Crippen LogP contribution in [0.25, 0.3) is 0 Å². The Hall–Kier alpha value is -2.21. The van der Waals surface area contributed by atoms with Crippen molar-refractivity contribution in [3.05, 3.63) is 34.9 Å². The monoisotopic (exact) mass is 288 g/mol. The number of carboxylic acid groups (broad SMARTS) is 1. The van der Waals surface area contributed by atoms with E-state index >= 15 is 0 Å². The second-order valence-corrected chi connectivity index (χ2v) is 5.40. The van der Waals surface area contributed by atoms with Crippen molar-refractivity contribution in [1.82, 2.24) is 10.2 Å². The zero-order chi connectivity index (χ0) is 15.0. The molecule has 1 saturated heterocycles. The lowest BCUT2D eigenvalue weighted by Gasteiger charge is -2.28. The summed E-state index contributed by atoms with van der Waals surface area (Å²) in [7, 11) is 0. The van der Waals surface area contributed by atoms with Crippen LogP contribution >= 0.6 is 0 Å². The summed E-state index contributed by atoms with van der Waals surface area (Å²) >= 11 is 0. The Balaban J connectivity index is 1.91. The van der Waals surface area contributed by atoms with Gasteiger partial charge >= 0.3 is 6.09 Å². The molecule has 1 unspecified atom stereocenters. The molecule has 1 fully saturated rings. The van der Waals surface area contributed by atoms with E-state index in [9.17, 15) is 14.4 Å². The largest absolute Gasteiger partial charge is 0.464 e. The minimum atomic E-state index is -1.49. The second kappa shape index (κ2) is 5.29. The van der Waals surface area contributed by atoms with Crippen LogP contribution in [0.15, 0.2) is 18.2 Å². The third-order valence-electron chi connectivity index (χ3n) is 4.13. The van der Waals surface area contributed by atoms with Gasteiger partial charge in [0.05, 0.1) is 5.92 Å². The van der Waals surface area contributed by atoms with E-state index in [4.69, 9.17) is 5.11 Å². The highest BCUT2D eigenvalue weighted by Crippen LogP contribution is 2.30. The summed E-state index contributed by atoms with van der Waals surface area (Å²) in [5, 5.41) is 12.3. The summed E-state index contributed by atoms with van der Waals surface area (Å²) in [6.07, 6.45) is -0.136. The van der Waals surface area contributed by atoms with Crippen LogP contribution in [0.5, 0.6) is 0 Å². The number of nitrogens with one attached hydrogen (secondary N) is 1. The van der Waals surface area contributed by atoms with Gasteiger partial charge in [0.25, 0.3) is 0 Å². The molecule has 6 nitrogen and oxygen atoms in total. The molecular formula is C15H16N2O4. The Morgan fingerprint density at radius 3 is 2.81 bits per heavy atom. The fourth-order valence-corrected chi connectivity index (χ4v) is 3.01. The zero-order valence-corrected chi connectivity index (χ0v) is 11.5. The average molecular weight is 288 g/mol. The predicted octanol–water partition coefficient (Wildman–Crippen LogP) is 1.24. The molecule has 2 aliphatic rings. The van der Waals surface area contributed by atoms with Crippen LogP contribution in [0.1, 0.15) is 35.4 Å². The number of imide groups is 3. The van der Waals surface area contributed by atoms with Crippen LogP contribution < -0.4 is 5.32 Å². The van der Waals surface area contributed by atoms with Crippen LogP contribution in [0.4, 0.5) is 4.79 Å². The summed E-state index contributed by atoms with van der Waals surface area (Å²) in [5.41, 5.74) is 3.21.